The summed E-state index contributed by atoms with van der Waals surface area (Å²) in [6, 6.07) is 13.4. The second kappa shape index (κ2) is 9.49. The Morgan fingerprint density at radius 2 is 1.87 bits per heavy atom. The smallest absolute Gasteiger partial charge is 0.250 e. The van der Waals surface area contributed by atoms with E-state index in [1.807, 2.05) is 30.5 Å². The number of rotatable bonds is 7. The van der Waals surface area contributed by atoms with E-state index in [0.717, 1.165) is 17.5 Å². The minimum atomic E-state index is -0.340. The van der Waals surface area contributed by atoms with Crippen LogP contribution in [0.5, 0.6) is 0 Å². The molecule has 2 atom stereocenters. The van der Waals surface area contributed by atoms with Gasteiger partial charge in [-0.3, -0.25) is 9.59 Å². The molecule has 0 aliphatic carbocycles. The van der Waals surface area contributed by atoms with Gasteiger partial charge in [-0.25, -0.2) is 9.82 Å². The molecule has 0 spiro atoms. The van der Waals surface area contributed by atoms with Gasteiger partial charge in [-0.15, -0.1) is 0 Å². The Morgan fingerprint density at radius 1 is 1.13 bits per heavy atom. The zero-order valence-electron chi connectivity index (χ0n) is 16.9. The summed E-state index contributed by atoms with van der Waals surface area (Å²) >= 11 is 5.87. The molecule has 6 nitrogen and oxygen atoms in total. The largest absolute Gasteiger partial charge is 0.356 e. The average Bonchev–Trinajstić information content (AvgIpc) is 3.20. The van der Waals surface area contributed by atoms with E-state index in [0.29, 0.717) is 24.5 Å². The molecule has 2 aliphatic rings. The second-order valence-corrected chi connectivity index (χ2v) is 8.13. The van der Waals surface area contributed by atoms with Crippen LogP contribution in [0.4, 0.5) is 4.39 Å². The van der Waals surface area contributed by atoms with E-state index in [-0.39, 0.29) is 36.1 Å². The summed E-state index contributed by atoms with van der Waals surface area (Å²) in [5.74, 6) is -0.423. The molecule has 1 saturated heterocycles. The van der Waals surface area contributed by atoms with Crippen molar-refractivity contribution in [2.24, 2.45) is 0 Å². The van der Waals surface area contributed by atoms with Crippen molar-refractivity contribution in [3.8, 4) is 0 Å². The molecule has 162 valence electrons. The molecule has 8 heteroatoms. The molecule has 2 N–H and O–H groups in total. The van der Waals surface area contributed by atoms with Gasteiger partial charge in [0.25, 0.3) is 5.91 Å². The molecule has 2 unspecified atom stereocenters. The van der Waals surface area contributed by atoms with E-state index in [4.69, 9.17) is 11.6 Å². The molecular formula is C23H24ClFN4O2. The lowest BCUT2D eigenvalue weighted by Crippen LogP contribution is -2.48. The maximum absolute atomic E-state index is 13.2. The lowest BCUT2D eigenvalue weighted by Gasteiger charge is -2.31. The van der Waals surface area contributed by atoms with Crippen LogP contribution in [-0.4, -0.2) is 40.9 Å². The van der Waals surface area contributed by atoms with E-state index in [1.165, 1.54) is 12.1 Å². The van der Waals surface area contributed by atoms with Gasteiger partial charge in [-0.2, -0.15) is 0 Å². The van der Waals surface area contributed by atoms with Gasteiger partial charge in [0.2, 0.25) is 5.91 Å². The number of carbonyl (C=O) groups excluding carboxylic acids is 2. The van der Waals surface area contributed by atoms with Crippen molar-refractivity contribution in [1.29, 1.82) is 0 Å². The highest BCUT2D eigenvalue weighted by molar-refractivity contribution is 6.30. The van der Waals surface area contributed by atoms with Crippen LogP contribution >= 0.6 is 11.6 Å². The van der Waals surface area contributed by atoms with Gasteiger partial charge in [-0.1, -0.05) is 35.9 Å². The van der Waals surface area contributed by atoms with Crippen molar-refractivity contribution < 1.29 is 14.0 Å². The van der Waals surface area contributed by atoms with Crippen molar-refractivity contribution in [3.05, 3.63) is 82.9 Å². The fraction of sp³-hybridized carbons (Fsp3) is 0.304. The van der Waals surface area contributed by atoms with E-state index in [1.54, 1.807) is 28.2 Å². The van der Waals surface area contributed by atoms with Crippen LogP contribution in [0.25, 0.3) is 0 Å². The number of halogens is 2. The van der Waals surface area contributed by atoms with Gasteiger partial charge in [0.05, 0.1) is 6.04 Å². The third kappa shape index (κ3) is 5.24. The average molecular weight is 443 g/mol. The normalized spacial score (nSPS) is 20.1. The summed E-state index contributed by atoms with van der Waals surface area (Å²) < 4.78 is 13.2. The minimum Gasteiger partial charge on any atom is -0.356 e. The molecule has 1 fully saturated rings. The number of hydrogen-bond acceptors (Lipinski definition) is 4. The highest BCUT2D eigenvalue weighted by Crippen LogP contribution is 2.30. The Bertz CT molecular complexity index is 965. The fourth-order valence-corrected chi connectivity index (χ4v) is 3.97. The van der Waals surface area contributed by atoms with Gasteiger partial charge >= 0.3 is 0 Å². The number of hydrazine groups is 1. The Balaban J connectivity index is 1.23. The van der Waals surface area contributed by atoms with Crippen LogP contribution in [0.3, 0.4) is 0 Å². The first kappa shape index (κ1) is 21.3. The molecule has 2 aliphatic heterocycles. The maximum atomic E-state index is 13.2. The predicted molar refractivity (Wildman–Crippen MR) is 116 cm³/mol. The number of carbonyl (C=O) groups is 2. The molecule has 31 heavy (non-hydrogen) atoms. The predicted octanol–water partition coefficient (Wildman–Crippen LogP) is 3.16. The first-order valence-electron chi connectivity index (χ1n) is 10.3. The lowest BCUT2D eigenvalue weighted by molar-refractivity contribution is -0.134. The minimum absolute atomic E-state index is 0.0476. The van der Waals surface area contributed by atoms with E-state index in [2.05, 4.69) is 10.7 Å². The number of nitrogens with one attached hydrogen (secondary N) is 2. The number of nitrogens with zero attached hydrogens (tertiary/aromatic N) is 2. The van der Waals surface area contributed by atoms with E-state index < -0.39 is 0 Å². The molecule has 0 radical (unpaired) electrons. The van der Waals surface area contributed by atoms with Crippen molar-refractivity contribution >= 4 is 23.4 Å². The standard InChI is InChI=1S/C23H24ClFN4O2/c24-18-5-1-16(2-6-18)9-11-26-22(30)10-12-28-13-14-29-21(23(28)31)15-20(27-29)17-3-7-19(25)8-4-17/h1-8,13-14,20-21,27H,9-12,15H2,(H,26,30). The number of fused-ring (bicyclic) bond motifs is 1. The van der Waals surface area contributed by atoms with E-state index in [9.17, 15) is 14.0 Å². The van der Waals surface area contributed by atoms with Crippen LogP contribution in [0.15, 0.2) is 60.9 Å². The Kier molecular flexibility index (Phi) is 6.53. The summed E-state index contributed by atoms with van der Waals surface area (Å²) in [5, 5.41) is 5.37. The molecule has 0 aromatic heterocycles. The molecule has 0 bridgehead atoms. The number of amides is 2. The molecule has 2 heterocycles. The highest BCUT2D eigenvalue weighted by atomic mass is 35.5. The zero-order chi connectivity index (χ0) is 21.8. The van der Waals surface area contributed by atoms with Crippen LogP contribution in [0.2, 0.25) is 5.02 Å². The Labute approximate surface area is 185 Å². The number of hydrogen-bond donors (Lipinski definition) is 2. The van der Waals surface area contributed by atoms with Gasteiger partial charge in [0.1, 0.15) is 11.9 Å². The second-order valence-electron chi connectivity index (χ2n) is 7.70. The van der Waals surface area contributed by atoms with Gasteiger partial charge in [0, 0.05) is 36.9 Å². The van der Waals surface area contributed by atoms with Gasteiger partial charge in [-0.05, 0) is 48.2 Å². The highest BCUT2D eigenvalue weighted by Gasteiger charge is 2.39. The van der Waals surface area contributed by atoms with Crippen LogP contribution < -0.4 is 10.7 Å². The summed E-state index contributed by atoms with van der Waals surface area (Å²) in [6.45, 7) is 0.859. The summed E-state index contributed by atoms with van der Waals surface area (Å²) in [7, 11) is 0. The van der Waals surface area contributed by atoms with Crippen LogP contribution in [0.1, 0.15) is 30.0 Å². The van der Waals surface area contributed by atoms with Crippen LogP contribution in [0, 0.1) is 5.82 Å². The summed E-state index contributed by atoms with van der Waals surface area (Å²) in [6.07, 6.45) is 5.05. The molecule has 2 aromatic rings. The molecule has 0 saturated carbocycles. The summed E-state index contributed by atoms with van der Waals surface area (Å²) in [4.78, 5) is 26.6. The number of benzene rings is 2. The van der Waals surface area contributed by atoms with Crippen molar-refractivity contribution in [2.75, 3.05) is 13.1 Å². The fourth-order valence-electron chi connectivity index (χ4n) is 3.84. The molecule has 4 rings (SSSR count). The van der Waals surface area contributed by atoms with E-state index >= 15 is 0 Å². The van der Waals surface area contributed by atoms with Gasteiger partial charge < -0.3 is 15.2 Å². The Hall–Kier alpha value is -2.90. The molecule has 2 aromatic carbocycles. The van der Waals surface area contributed by atoms with Gasteiger partial charge in [0.15, 0.2) is 0 Å². The quantitative estimate of drug-likeness (QED) is 0.691. The zero-order valence-corrected chi connectivity index (χ0v) is 17.7. The monoisotopic (exact) mass is 442 g/mol. The summed E-state index contributed by atoms with van der Waals surface area (Å²) in [5.41, 5.74) is 5.31. The maximum Gasteiger partial charge on any atom is 0.250 e. The van der Waals surface area contributed by atoms with Crippen LogP contribution in [-0.2, 0) is 16.0 Å². The topological polar surface area (TPSA) is 64.7 Å². The third-order valence-electron chi connectivity index (χ3n) is 5.58. The first-order valence-corrected chi connectivity index (χ1v) is 10.7. The lowest BCUT2D eigenvalue weighted by atomic mass is 10.0. The first-order chi connectivity index (χ1) is 15.0. The van der Waals surface area contributed by atoms with Crippen molar-refractivity contribution in [2.45, 2.75) is 31.3 Å². The van der Waals surface area contributed by atoms with Crippen molar-refractivity contribution in [3.63, 3.8) is 0 Å². The van der Waals surface area contributed by atoms with Crippen molar-refractivity contribution in [1.82, 2.24) is 20.7 Å². The molecular weight excluding hydrogens is 419 g/mol. The SMILES string of the molecule is O=C(CCN1C=CN2NC(c3ccc(F)cc3)CC2C1=O)NCCc1ccc(Cl)cc1. The Morgan fingerprint density at radius 3 is 2.61 bits per heavy atom. The molecule has 2 amide bonds. The third-order valence-corrected chi connectivity index (χ3v) is 5.83.